The second kappa shape index (κ2) is 11.8. The predicted molar refractivity (Wildman–Crippen MR) is 138 cm³/mol. The molecule has 11 heteroatoms. The van der Waals surface area contributed by atoms with Crippen molar-refractivity contribution in [1.29, 1.82) is 0 Å². The minimum absolute atomic E-state index is 0.0208. The van der Waals surface area contributed by atoms with Gasteiger partial charge in [0.15, 0.2) is 21.3 Å². The average molecular weight is 588 g/mol. The standard InChI is InChI=1S/C25H32BrFN2O6S/c1-5-36(31,32)18-9-10-20(19(26)17-18)34-22-8-6-7-21(23(22)27)33-16-15-28-11-13-29(14-12-28)24(30)35-25(2,3)4/h6-10,17H,5,11-16H2,1-4H3. The topological polar surface area (TPSA) is 85.4 Å². The Morgan fingerprint density at radius 1 is 1.06 bits per heavy atom. The van der Waals surface area contributed by atoms with Gasteiger partial charge >= 0.3 is 6.09 Å². The summed E-state index contributed by atoms with van der Waals surface area (Å²) in [4.78, 5) is 16.2. The quantitative estimate of drug-likeness (QED) is 0.425. The number of amides is 1. The van der Waals surface area contributed by atoms with E-state index < -0.39 is 21.3 Å². The third-order valence-corrected chi connectivity index (χ3v) is 7.83. The van der Waals surface area contributed by atoms with E-state index in [1.54, 1.807) is 17.9 Å². The van der Waals surface area contributed by atoms with Gasteiger partial charge in [0, 0.05) is 32.7 Å². The Morgan fingerprint density at radius 2 is 1.72 bits per heavy atom. The van der Waals surface area contributed by atoms with Gasteiger partial charge < -0.3 is 19.1 Å². The maximum absolute atomic E-state index is 15.0. The Balaban J connectivity index is 1.54. The van der Waals surface area contributed by atoms with Crippen LogP contribution in [0.3, 0.4) is 0 Å². The summed E-state index contributed by atoms with van der Waals surface area (Å²) in [5.41, 5.74) is -0.528. The second-order valence-electron chi connectivity index (χ2n) is 9.32. The molecule has 2 aromatic carbocycles. The Labute approximate surface area is 220 Å². The number of halogens is 2. The first-order valence-corrected chi connectivity index (χ1v) is 14.2. The first kappa shape index (κ1) is 28.2. The first-order chi connectivity index (χ1) is 16.9. The van der Waals surface area contributed by atoms with Crippen molar-refractivity contribution in [2.45, 2.75) is 38.2 Å². The van der Waals surface area contributed by atoms with Crippen LogP contribution in [0.5, 0.6) is 17.2 Å². The first-order valence-electron chi connectivity index (χ1n) is 11.7. The fourth-order valence-electron chi connectivity index (χ4n) is 3.49. The van der Waals surface area contributed by atoms with E-state index in [-0.39, 0.29) is 40.6 Å². The van der Waals surface area contributed by atoms with Crippen molar-refractivity contribution in [2.24, 2.45) is 0 Å². The van der Waals surface area contributed by atoms with Crippen LogP contribution in [0.2, 0.25) is 0 Å². The van der Waals surface area contributed by atoms with E-state index in [1.807, 2.05) is 20.8 Å². The Bertz CT molecular complexity index is 1180. The van der Waals surface area contributed by atoms with Crippen LogP contribution in [-0.2, 0) is 14.6 Å². The third-order valence-electron chi connectivity index (χ3n) is 5.48. The van der Waals surface area contributed by atoms with Crippen molar-refractivity contribution in [1.82, 2.24) is 9.80 Å². The lowest BCUT2D eigenvalue weighted by Crippen LogP contribution is -2.50. The lowest BCUT2D eigenvalue weighted by atomic mass is 10.2. The molecule has 1 amide bonds. The Hall–Kier alpha value is -2.37. The summed E-state index contributed by atoms with van der Waals surface area (Å²) in [7, 11) is -3.37. The molecule has 0 aliphatic carbocycles. The van der Waals surface area contributed by atoms with Crippen LogP contribution >= 0.6 is 15.9 Å². The number of nitrogens with zero attached hydrogens (tertiary/aromatic N) is 2. The molecule has 0 radical (unpaired) electrons. The van der Waals surface area contributed by atoms with Gasteiger partial charge in [-0.1, -0.05) is 13.0 Å². The van der Waals surface area contributed by atoms with Gasteiger partial charge in [-0.15, -0.1) is 0 Å². The van der Waals surface area contributed by atoms with E-state index in [1.165, 1.54) is 30.3 Å². The van der Waals surface area contributed by atoms with Crippen LogP contribution in [0.4, 0.5) is 9.18 Å². The number of hydrogen-bond acceptors (Lipinski definition) is 7. The normalized spacial score (nSPS) is 15.0. The number of piperazine rings is 1. The number of rotatable bonds is 8. The zero-order valence-corrected chi connectivity index (χ0v) is 23.3. The maximum atomic E-state index is 15.0. The molecule has 1 heterocycles. The minimum atomic E-state index is -3.37. The molecule has 0 saturated carbocycles. The van der Waals surface area contributed by atoms with Crippen molar-refractivity contribution in [3.8, 4) is 17.2 Å². The summed E-state index contributed by atoms with van der Waals surface area (Å²) in [5.74, 6) is -0.368. The zero-order valence-electron chi connectivity index (χ0n) is 20.9. The van der Waals surface area contributed by atoms with Gasteiger partial charge in [-0.25, -0.2) is 13.2 Å². The molecule has 0 bridgehead atoms. The molecular formula is C25H32BrFN2O6S. The average Bonchev–Trinajstić information content (AvgIpc) is 2.81. The van der Waals surface area contributed by atoms with Crippen molar-refractivity contribution in [3.05, 3.63) is 46.7 Å². The zero-order chi connectivity index (χ0) is 26.5. The van der Waals surface area contributed by atoms with Crippen molar-refractivity contribution in [2.75, 3.05) is 45.1 Å². The highest BCUT2D eigenvalue weighted by Gasteiger charge is 2.26. The van der Waals surface area contributed by atoms with Crippen LogP contribution in [0.15, 0.2) is 45.8 Å². The molecule has 0 aromatic heterocycles. The summed E-state index contributed by atoms with van der Waals surface area (Å²) >= 11 is 3.30. The van der Waals surface area contributed by atoms with Crippen LogP contribution in [0.1, 0.15) is 27.7 Å². The Morgan fingerprint density at radius 3 is 2.33 bits per heavy atom. The summed E-state index contributed by atoms with van der Waals surface area (Å²) in [6, 6.07) is 8.97. The molecule has 2 aromatic rings. The van der Waals surface area contributed by atoms with Crippen LogP contribution < -0.4 is 9.47 Å². The van der Waals surface area contributed by atoms with Crippen LogP contribution in [-0.4, -0.2) is 75.0 Å². The van der Waals surface area contributed by atoms with Crippen molar-refractivity contribution >= 4 is 31.9 Å². The molecule has 0 atom stereocenters. The highest BCUT2D eigenvalue weighted by molar-refractivity contribution is 9.10. The third kappa shape index (κ3) is 7.57. The van der Waals surface area contributed by atoms with Gasteiger partial charge in [-0.3, -0.25) is 4.90 Å². The predicted octanol–water partition coefficient (Wildman–Crippen LogP) is 5.11. The van der Waals surface area contributed by atoms with E-state index in [0.29, 0.717) is 37.2 Å². The molecule has 1 aliphatic rings. The van der Waals surface area contributed by atoms with Crippen LogP contribution in [0, 0.1) is 5.82 Å². The lowest BCUT2D eigenvalue weighted by molar-refractivity contribution is 0.0136. The number of carbonyl (C=O) groups is 1. The lowest BCUT2D eigenvalue weighted by Gasteiger charge is -2.35. The van der Waals surface area contributed by atoms with Crippen LogP contribution in [0.25, 0.3) is 0 Å². The molecule has 36 heavy (non-hydrogen) atoms. The number of sulfone groups is 1. The number of carbonyl (C=O) groups excluding carboxylic acids is 1. The fraction of sp³-hybridized carbons (Fsp3) is 0.480. The number of benzene rings is 2. The molecule has 0 unspecified atom stereocenters. The summed E-state index contributed by atoms with van der Waals surface area (Å²) < 4.78 is 56.3. The molecule has 8 nitrogen and oxygen atoms in total. The molecule has 1 aliphatic heterocycles. The van der Waals surface area contributed by atoms with Crippen molar-refractivity contribution < 1.29 is 31.8 Å². The fourth-order valence-corrected chi connectivity index (χ4v) is 5.01. The highest BCUT2D eigenvalue weighted by Crippen LogP contribution is 2.35. The second-order valence-corrected chi connectivity index (χ2v) is 12.5. The minimum Gasteiger partial charge on any atom is -0.489 e. The molecule has 0 spiro atoms. The molecule has 1 fully saturated rings. The summed E-state index contributed by atoms with van der Waals surface area (Å²) in [6.07, 6.45) is -0.314. The molecule has 0 N–H and O–H groups in total. The van der Waals surface area contributed by atoms with E-state index in [2.05, 4.69) is 20.8 Å². The van der Waals surface area contributed by atoms with Gasteiger partial charge in [0.1, 0.15) is 18.0 Å². The largest absolute Gasteiger partial charge is 0.489 e. The van der Waals surface area contributed by atoms with Gasteiger partial charge in [0.25, 0.3) is 0 Å². The maximum Gasteiger partial charge on any atom is 0.410 e. The summed E-state index contributed by atoms with van der Waals surface area (Å²) in [6.45, 7) is 10.4. The van der Waals surface area contributed by atoms with Gasteiger partial charge in [0.2, 0.25) is 5.82 Å². The van der Waals surface area contributed by atoms with Gasteiger partial charge in [0.05, 0.1) is 15.1 Å². The molecule has 3 rings (SSSR count). The smallest absolute Gasteiger partial charge is 0.410 e. The summed E-state index contributed by atoms with van der Waals surface area (Å²) in [5, 5.41) is 0. The van der Waals surface area contributed by atoms with Gasteiger partial charge in [-0.2, -0.15) is 4.39 Å². The molecular weight excluding hydrogens is 555 g/mol. The number of hydrogen-bond donors (Lipinski definition) is 0. The monoisotopic (exact) mass is 586 g/mol. The van der Waals surface area contributed by atoms with Crippen molar-refractivity contribution in [3.63, 3.8) is 0 Å². The van der Waals surface area contributed by atoms with E-state index in [0.717, 1.165) is 0 Å². The Kier molecular flexibility index (Phi) is 9.23. The highest BCUT2D eigenvalue weighted by atomic mass is 79.9. The molecule has 1 saturated heterocycles. The number of ether oxygens (including phenoxy) is 3. The van der Waals surface area contributed by atoms with E-state index >= 15 is 4.39 Å². The van der Waals surface area contributed by atoms with E-state index in [9.17, 15) is 13.2 Å². The SMILES string of the molecule is CCS(=O)(=O)c1ccc(Oc2cccc(OCCN3CCN(C(=O)OC(C)(C)C)CC3)c2F)c(Br)c1. The van der Waals surface area contributed by atoms with E-state index in [4.69, 9.17) is 14.2 Å². The van der Waals surface area contributed by atoms with Gasteiger partial charge in [-0.05, 0) is 67.0 Å². The molecule has 198 valence electrons.